The molecule has 180 valence electrons. The highest BCUT2D eigenvalue weighted by molar-refractivity contribution is 6.46. The van der Waals surface area contributed by atoms with Gasteiger partial charge in [-0.1, -0.05) is 32.4 Å². The molecule has 4 rings (SSSR count). The van der Waals surface area contributed by atoms with E-state index in [1.165, 1.54) is 0 Å². The number of unbranched alkanes of at least 4 members (excludes halogenated alkanes) is 1. The van der Waals surface area contributed by atoms with Gasteiger partial charge in [-0.25, -0.2) is 0 Å². The van der Waals surface area contributed by atoms with Crippen LogP contribution in [0, 0.1) is 0 Å². The maximum atomic E-state index is 13.2. The zero-order chi connectivity index (χ0) is 24.2. The highest BCUT2D eigenvalue weighted by Gasteiger charge is 2.46. The summed E-state index contributed by atoms with van der Waals surface area (Å²) in [5.74, 6) is -0.0258. The van der Waals surface area contributed by atoms with Gasteiger partial charge in [0, 0.05) is 19.2 Å². The molecule has 2 heterocycles. The lowest BCUT2D eigenvalue weighted by molar-refractivity contribution is -0.139. The van der Waals surface area contributed by atoms with Crippen LogP contribution in [0.2, 0.25) is 0 Å². The molecule has 1 N–H and O–H groups in total. The van der Waals surface area contributed by atoms with E-state index in [2.05, 4.69) is 0 Å². The Labute approximate surface area is 200 Å². The van der Waals surface area contributed by atoms with Crippen molar-refractivity contribution in [3.05, 3.63) is 59.2 Å². The van der Waals surface area contributed by atoms with Crippen molar-refractivity contribution < 1.29 is 24.2 Å². The van der Waals surface area contributed by atoms with Gasteiger partial charge in [-0.3, -0.25) is 9.59 Å². The molecule has 2 aliphatic heterocycles. The van der Waals surface area contributed by atoms with Crippen LogP contribution < -0.4 is 14.4 Å². The van der Waals surface area contributed by atoms with E-state index in [-0.39, 0.29) is 11.3 Å². The summed E-state index contributed by atoms with van der Waals surface area (Å²) in [7, 11) is 1.96. The first-order valence-electron chi connectivity index (χ1n) is 12.0. The fourth-order valence-electron chi connectivity index (χ4n) is 4.43. The van der Waals surface area contributed by atoms with Gasteiger partial charge in [0.05, 0.1) is 30.5 Å². The van der Waals surface area contributed by atoms with Crippen molar-refractivity contribution >= 4 is 23.1 Å². The number of aliphatic hydroxyl groups excluding tert-OH is 1. The highest BCUT2D eigenvalue weighted by atomic mass is 16.5. The topological polar surface area (TPSA) is 79.3 Å². The quantitative estimate of drug-likeness (QED) is 0.351. The number of ether oxygens (including phenoxy) is 2. The van der Waals surface area contributed by atoms with Gasteiger partial charge in [0.25, 0.3) is 11.7 Å². The summed E-state index contributed by atoms with van der Waals surface area (Å²) in [5, 5.41) is 11.4. The Morgan fingerprint density at radius 2 is 1.97 bits per heavy atom. The highest BCUT2D eigenvalue weighted by Crippen LogP contribution is 2.42. The molecular formula is C27H32N2O5. The number of Topliss-reactive ketones (excluding diaryl/α,β-unsaturated/α-hetero) is 1. The van der Waals surface area contributed by atoms with E-state index in [1.807, 2.05) is 50.1 Å². The fourth-order valence-corrected chi connectivity index (χ4v) is 4.43. The smallest absolute Gasteiger partial charge is 0.295 e. The summed E-state index contributed by atoms with van der Waals surface area (Å²) in [6, 6.07) is 12.1. The van der Waals surface area contributed by atoms with E-state index in [9.17, 15) is 14.7 Å². The lowest BCUT2D eigenvalue weighted by atomic mass is 9.94. The number of fused-ring (bicyclic) bond motifs is 1. The summed E-state index contributed by atoms with van der Waals surface area (Å²) in [6.07, 6.45) is 2.51. The van der Waals surface area contributed by atoms with Gasteiger partial charge in [-0.15, -0.1) is 0 Å². The molecule has 1 atom stereocenters. The summed E-state index contributed by atoms with van der Waals surface area (Å²) in [4.78, 5) is 29.9. The standard InChI is InChI=1S/C27H32N2O5/c1-4-6-12-29-24(18-8-7-9-20(16-18)33-14-5-2)23(26(31)27(29)32)25(30)19-10-11-22-21(17-19)28(3)13-15-34-22/h7-11,16-17,24,30H,4-6,12-15H2,1-3H3/b25-23-. The van der Waals surface area contributed by atoms with Crippen molar-refractivity contribution in [2.75, 3.05) is 38.3 Å². The van der Waals surface area contributed by atoms with Crippen molar-refractivity contribution in [1.82, 2.24) is 4.90 Å². The Morgan fingerprint density at radius 1 is 1.15 bits per heavy atom. The maximum absolute atomic E-state index is 13.2. The summed E-state index contributed by atoms with van der Waals surface area (Å²) >= 11 is 0. The molecule has 1 amide bonds. The van der Waals surface area contributed by atoms with Crippen LogP contribution in [-0.4, -0.2) is 55.0 Å². The van der Waals surface area contributed by atoms with E-state index < -0.39 is 17.7 Å². The Balaban J connectivity index is 1.82. The minimum absolute atomic E-state index is 0.105. The van der Waals surface area contributed by atoms with Crippen LogP contribution in [-0.2, 0) is 9.59 Å². The predicted octanol–water partition coefficient (Wildman–Crippen LogP) is 4.53. The van der Waals surface area contributed by atoms with Crippen LogP contribution in [0.3, 0.4) is 0 Å². The number of hydrogen-bond donors (Lipinski definition) is 1. The molecule has 0 spiro atoms. The Morgan fingerprint density at radius 3 is 2.74 bits per heavy atom. The van der Waals surface area contributed by atoms with Gasteiger partial charge in [0.15, 0.2) is 0 Å². The number of ketones is 1. The Bertz CT molecular complexity index is 1110. The molecule has 1 saturated heterocycles. The Hall–Kier alpha value is -3.48. The number of carbonyl (C=O) groups is 2. The van der Waals surface area contributed by atoms with Crippen molar-refractivity contribution in [2.45, 2.75) is 39.2 Å². The molecule has 0 aromatic heterocycles. The van der Waals surface area contributed by atoms with Crippen molar-refractivity contribution in [2.24, 2.45) is 0 Å². The molecule has 7 heteroatoms. The lowest BCUT2D eigenvalue weighted by Gasteiger charge is -2.28. The number of rotatable bonds is 8. The first-order chi connectivity index (χ1) is 16.5. The zero-order valence-electron chi connectivity index (χ0n) is 20.0. The van der Waals surface area contributed by atoms with Crippen LogP contribution in [0.1, 0.15) is 50.3 Å². The van der Waals surface area contributed by atoms with Gasteiger partial charge in [-0.05, 0) is 48.7 Å². The van der Waals surface area contributed by atoms with E-state index >= 15 is 0 Å². The second kappa shape index (κ2) is 10.2. The molecular weight excluding hydrogens is 432 g/mol. The monoisotopic (exact) mass is 464 g/mol. The van der Waals surface area contributed by atoms with Crippen LogP contribution in [0.5, 0.6) is 11.5 Å². The summed E-state index contributed by atoms with van der Waals surface area (Å²) in [5.41, 5.74) is 2.16. The molecule has 0 radical (unpaired) electrons. The van der Waals surface area contributed by atoms with Crippen molar-refractivity contribution in [1.29, 1.82) is 0 Å². The third-order valence-corrected chi connectivity index (χ3v) is 6.27. The van der Waals surface area contributed by atoms with E-state index in [0.717, 1.165) is 42.8 Å². The number of likely N-dealkylation sites (N-methyl/N-ethyl adjacent to an activating group) is 1. The SMILES string of the molecule is CCCCN1C(=O)C(=O)/C(=C(\O)c2ccc3c(c2)N(C)CCO3)C1c1cccc(OCCC)c1. The molecule has 2 aromatic rings. The average molecular weight is 465 g/mol. The molecule has 0 bridgehead atoms. The van der Waals surface area contributed by atoms with Gasteiger partial charge in [0.1, 0.15) is 23.9 Å². The number of benzene rings is 2. The van der Waals surface area contributed by atoms with Gasteiger partial charge in [-0.2, -0.15) is 0 Å². The van der Waals surface area contributed by atoms with E-state index in [4.69, 9.17) is 9.47 Å². The molecule has 0 saturated carbocycles. The average Bonchev–Trinajstić information content (AvgIpc) is 3.11. The van der Waals surface area contributed by atoms with Gasteiger partial charge < -0.3 is 24.4 Å². The van der Waals surface area contributed by atoms with Gasteiger partial charge in [0.2, 0.25) is 0 Å². The van der Waals surface area contributed by atoms with Crippen LogP contribution in [0.25, 0.3) is 5.76 Å². The largest absolute Gasteiger partial charge is 0.507 e. The number of carbonyl (C=O) groups excluding carboxylic acids is 2. The normalized spacial score (nSPS) is 19.2. The number of anilines is 1. The second-order valence-corrected chi connectivity index (χ2v) is 8.72. The third-order valence-electron chi connectivity index (χ3n) is 6.27. The minimum Gasteiger partial charge on any atom is -0.507 e. The number of amides is 1. The first-order valence-corrected chi connectivity index (χ1v) is 12.0. The summed E-state index contributed by atoms with van der Waals surface area (Å²) in [6.45, 7) is 6.39. The number of likely N-dealkylation sites (tertiary alicyclic amines) is 1. The number of aliphatic hydroxyl groups is 1. The predicted molar refractivity (Wildman–Crippen MR) is 131 cm³/mol. The molecule has 2 aliphatic rings. The lowest BCUT2D eigenvalue weighted by Crippen LogP contribution is -2.30. The first kappa shape index (κ1) is 23.7. The zero-order valence-corrected chi connectivity index (χ0v) is 20.0. The van der Waals surface area contributed by atoms with Crippen LogP contribution in [0.15, 0.2) is 48.0 Å². The van der Waals surface area contributed by atoms with E-state index in [1.54, 1.807) is 23.1 Å². The van der Waals surface area contributed by atoms with Gasteiger partial charge >= 0.3 is 0 Å². The number of hydrogen-bond acceptors (Lipinski definition) is 6. The third kappa shape index (κ3) is 4.47. The van der Waals surface area contributed by atoms with E-state index in [0.29, 0.717) is 31.1 Å². The van der Waals surface area contributed by atoms with Crippen LogP contribution >= 0.6 is 0 Å². The maximum Gasteiger partial charge on any atom is 0.295 e. The molecule has 7 nitrogen and oxygen atoms in total. The molecule has 34 heavy (non-hydrogen) atoms. The Kier molecular flexibility index (Phi) is 7.10. The van der Waals surface area contributed by atoms with Crippen LogP contribution in [0.4, 0.5) is 5.69 Å². The van der Waals surface area contributed by atoms with Crippen molar-refractivity contribution in [3.8, 4) is 11.5 Å². The molecule has 2 aromatic carbocycles. The second-order valence-electron chi connectivity index (χ2n) is 8.72. The molecule has 1 fully saturated rings. The fraction of sp³-hybridized carbons (Fsp3) is 0.407. The molecule has 0 aliphatic carbocycles. The minimum atomic E-state index is -0.679. The summed E-state index contributed by atoms with van der Waals surface area (Å²) < 4.78 is 11.5. The van der Waals surface area contributed by atoms with Crippen molar-refractivity contribution in [3.63, 3.8) is 0 Å². The molecule has 1 unspecified atom stereocenters. The number of nitrogens with zero attached hydrogens (tertiary/aromatic N) is 2.